The maximum Gasteiger partial charge on any atom is 0.274 e. The molecule has 26 heavy (non-hydrogen) atoms. The minimum absolute atomic E-state index is 0.242. The van der Waals surface area contributed by atoms with Gasteiger partial charge in [-0.05, 0) is 32.0 Å². The maximum atomic E-state index is 12.5. The van der Waals surface area contributed by atoms with E-state index in [0.29, 0.717) is 28.9 Å². The van der Waals surface area contributed by atoms with Crippen molar-refractivity contribution in [1.82, 2.24) is 25.3 Å². The number of nitrogens with zero attached hydrogens (tertiary/aromatic N) is 4. The first kappa shape index (κ1) is 17.9. The van der Waals surface area contributed by atoms with Gasteiger partial charge in [0.15, 0.2) is 5.69 Å². The van der Waals surface area contributed by atoms with Gasteiger partial charge in [-0.3, -0.25) is 4.79 Å². The Morgan fingerprint density at radius 1 is 1.27 bits per heavy atom. The fourth-order valence-corrected chi connectivity index (χ4v) is 2.69. The molecule has 0 radical (unpaired) electrons. The fourth-order valence-electron chi connectivity index (χ4n) is 2.48. The van der Waals surface area contributed by atoms with Crippen molar-refractivity contribution in [2.24, 2.45) is 0 Å². The first-order valence-corrected chi connectivity index (χ1v) is 8.51. The number of amides is 1. The minimum Gasteiger partial charge on any atom is -0.478 e. The van der Waals surface area contributed by atoms with Crippen molar-refractivity contribution in [2.45, 2.75) is 20.4 Å². The topological polar surface area (TPSA) is 81.9 Å². The molecule has 2 aromatic heterocycles. The zero-order valence-electron chi connectivity index (χ0n) is 14.4. The van der Waals surface area contributed by atoms with E-state index in [2.05, 4.69) is 20.6 Å². The molecule has 0 saturated heterocycles. The molecule has 3 aromatic rings. The van der Waals surface area contributed by atoms with Crippen molar-refractivity contribution >= 4 is 17.5 Å². The summed E-state index contributed by atoms with van der Waals surface area (Å²) in [5.41, 5.74) is 2.31. The number of hydrogen-bond donors (Lipinski definition) is 1. The second-order valence-electron chi connectivity index (χ2n) is 5.47. The van der Waals surface area contributed by atoms with Gasteiger partial charge in [0.05, 0.1) is 23.0 Å². The number of ether oxygens (including phenoxy) is 1. The molecule has 1 amide bonds. The van der Waals surface area contributed by atoms with Gasteiger partial charge in [0, 0.05) is 18.3 Å². The first-order chi connectivity index (χ1) is 12.6. The molecule has 134 valence electrons. The van der Waals surface area contributed by atoms with Crippen LogP contribution in [-0.2, 0) is 6.54 Å². The Morgan fingerprint density at radius 3 is 2.85 bits per heavy atom. The van der Waals surface area contributed by atoms with Gasteiger partial charge in [-0.2, -0.15) is 0 Å². The van der Waals surface area contributed by atoms with Crippen LogP contribution in [0.15, 0.2) is 42.6 Å². The SMILES string of the molecule is CCOc1ncccc1CNC(=O)c1nnn(-c2ccccc2Cl)c1C. The normalized spacial score (nSPS) is 10.6. The average Bonchev–Trinajstić information content (AvgIpc) is 3.03. The van der Waals surface area contributed by atoms with E-state index < -0.39 is 0 Å². The van der Waals surface area contributed by atoms with Gasteiger partial charge in [0.2, 0.25) is 5.88 Å². The van der Waals surface area contributed by atoms with E-state index in [4.69, 9.17) is 16.3 Å². The van der Waals surface area contributed by atoms with Crippen LogP contribution in [0.1, 0.15) is 28.7 Å². The van der Waals surface area contributed by atoms with E-state index in [-0.39, 0.29) is 18.1 Å². The van der Waals surface area contributed by atoms with Gasteiger partial charge >= 0.3 is 0 Å². The number of nitrogens with one attached hydrogen (secondary N) is 1. The van der Waals surface area contributed by atoms with Crippen molar-refractivity contribution in [2.75, 3.05) is 6.61 Å². The molecule has 2 heterocycles. The van der Waals surface area contributed by atoms with Crippen LogP contribution in [0, 0.1) is 6.92 Å². The monoisotopic (exact) mass is 371 g/mol. The summed E-state index contributed by atoms with van der Waals surface area (Å²) in [5.74, 6) is 0.179. The van der Waals surface area contributed by atoms with E-state index >= 15 is 0 Å². The molecule has 0 spiro atoms. The molecular formula is C18H18ClN5O2. The summed E-state index contributed by atoms with van der Waals surface area (Å²) in [6.45, 7) is 4.44. The number of para-hydroxylation sites is 1. The fraction of sp³-hybridized carbons (Fsp3) is 0.222. The quantitative estimate of drug-likeness (QED) is 0.720. The number of rotatable bonds is 6. The predicted octanol–water partition coefficient (Wildman–Crippen LogP) is 2.95. The third kappa shape index (κ3) is 3.67. The van der Waals surface area contributed by atoms with Gasteiger partial charge in [-0.15, -0.1) is 5.10 Å². The summed E-state index contributed by atoms with van der Waals surface area (Å²) in [7, 11) is 0. The van der Waals surface area contributed by atoms with E-state index in [1.807, 2.05) is 31.2 Å². The van der Waals surface area contributed by atoms with Crippen molar-refractivity contribution in [3.8, 4) is 11.6 Å². The molecule has 0 aliphatic heterocycles. The van der Waals surface area contributed by atoms with Crippen LogP contribution in [0.25, 0.3) is 5.69 Å². The average molecular weight is 372 g/mol. The second kappa shape index (κ2) is 7.97. The zero-order valence-corrected chi connectivity index (χ0v) is 15.2. The highest BCUT2D eigenvalue weighted by atomic mass is 35.5. The number of carbonyl (C=O) groups is 1. The largest absolute Gasteiger partial charge is 0.478 e. The molecule has 1 N–H and O–H groups in total. The number of aromatic nitrogens is 4. The molecule has 0 unspecified atom stereocenters. The highest BCUT2D eigenvalue weighted by Crippen LogP contribution is 2.21. The smallest absolute Gasteiger partial charge is 0.274 e. The van der Waals surface area contributed by atoms with Crippen LogP contribution in [0.3, 0.4) is 0 Å². The molecule has 0 atom stereocenters. The summed E-state index contributed by atoms with van der Waals surface area (Å²) in [6, 6.07) is 10.9. The molecule has 3 rings (SSSR count). The van der Waals surface area contributed by atoms with Gasteiger partial charge < -0.3 is 10.1 Å². The Kier molecular flexibility index (Phi) is 5.48. The molecule has 0 aliphatic rings. The van der Waals surface area contributed by atoms with Crippen LogP contribution in [0.5, 0.6) is 5.88 Å². The van der Waals surface area contributed by atoms with Crippen molar-refractivity contribution in [1.29, 1.82) is 0 Å². The number of benzene rings is 1. The molecule has 0 aliphatic carbocycles. The van der Waals surface area contributed by atoms with Gasteiger partial charge in [0.1, 0.15) is 0 Å². The molecule has 0 fully saturated rings. The van der Waals surface area contributed by atoms with Crippen molar-refractivity contribution in [3.63, 3.8) is 0 Å². The Hall–Kier alpha value is -2.93. The number of halogens is 1. The van der Waals surface area contributed by atoms with E-state index in [1.54, 1.807) is 29.9 Å². The van der Waals surface area contributed by atoms with Crippen molar-refractivity contribution in [3.05, 3.63) is 64.6 Å². The molecule has 0 saturated carbocycles. The van der Waals surface area contributed by atoms with E-state index in [0.717, 1.165) is 5.56 Å². The summed E-state index contributed by atoms with van der Waals surface area (Å²) in [6.07, 6.45) is 1.65. The third-order valence-corrected chi connectivity index (χ3v) is 4.08. The van der Waals surface area contributed by atoms with Crippen molar-refractivity contribution < 1.29 is 9.53 Å². The first-order valence-electron chi connectivity index (χ1n) is 8.14. The second-order valence-corrected chi connectivity index (χ2v) is 5.88. The van der Waals surface area contributed by atoms with Gasteiger partial charge in [-0.25, -0.2) is 9.67 Å². The minimum atomic E-state index is -0.327. The summed E-state index contributed by atoms with van der Waals surface area (Å²) < 4.78 is 7.01. The van der Waals surface area contributed by atoms with Crippen LogP contribution in [0.4, 0.5) is 0 Å². The van der Waals surface area contributed by atoms with E-state index in [1.165, 1.54) is 0 Å². The Labute approximate surface area is 156 Å². The molecule has 8 heteroatoms. The van der Waals surface area contributed by atoms with Gasteiger partial charge in [0.25, 0.3) is 5.91 Å². The highest BCUT2D eigenvalue weighted by Gasteiger charge is 2.18. The molecular weight excluding hydrogens is 354 g/mol. The lowest BCUT2D eigenvalue weighted by molar-refractivity contribution is 0.0945. The highest BCUT2D eigenvalue weighted by molar-refractivity contribution is 6.32. The Balaban J connectivity index is 1.77. The molecule has 7 nitrogen and oxygen atoms in total. The summed E-state index contributed by atoms with van der Waals surface area (Å²) in [5, 5.41) is 11.4. The van der Waals surface area contributed by atoms with Crippen LogP contribution in [0.2, 0.25) is 5.02 Å². The van der Waals surface area contributed by atoms with Crippen LogP contribution < -0.4 is 10.1 Å². The standard InChI is InChI=1S/C18H18ClN5O2/c1-3-26-18-13(7-6-10-20-18)11-21-17(25)16-12(2)24(23-22-16)15-9-5-4-8-14(15)19/h4-10H,3,11H2,1-2H3,(H,21,25). The summed E-state index contributed by atoms with van der Waals surface area (Å²) >= 11 is 6.20. The van der Waals surface area contributed by atoms with E-state index in [9.17, 15) is 4.79 Å². The number of pyridine rings is 1. The third-order valence-electron chi connectivity index (χ3n) is 3.76. The molecule has 1 aromatic carbocycles. The number of hydrogen-bond acceptors (Lipinski definition) is 5. The lowest BCUT2D eigenvalue weighted by Crippen LogP contribution is -2.24. The Bertz CT molecular complexity index is 925. The lowest BCUT2D eigenvalue weighted by atomic mass is 10.2. The number of carbonyl (C=O) groups excluding carboxylic acids is 1. The van der Waals surface area contributed by atoms with Crippen LogP contribution in [-0.4, -0.2) is 32.5 Å². The lowest BCUT2D eigenvalue weighted by Gasteiger charge is -2.09. The van der Waals surface area contributed by atoms with Gasteiger partial charge in [-0.1, -0.05) is 35.0 Å². The summed E-state index contributed by atoms with van der Waals surface area (Å²) in [4.78, 5) is 16.7. The Morgan fingerprint density at radius 2 is 2.08 bits per heavy atom. The van der Waals surface area contributed by atoms with Crippen LogP contribution >= 0.6 is 11.6 Å². The molecule has 0 bridgehead atoms. The maximum absolute atomic E-state index is 12.5. The predicted molar refractivity (Wildman–Crippen MR) is 97.7 cm³/mol. The zero-order chi connectivity index (χ0) is 18.5.